The summed E-state index contributed by atoms with van der Waals surface area (Å²) in [7, 11) is 1.35. The lowest BCUT2D eigenvalue weighted by Gasteiger charge is -2.21. The van der Waals surface area contributed by atoms with Gasteiger partial charge in [-0.15, -0.1) is 0 Å². The number of para-hydroxylation sites is 1. The summed E-state index contributed by atoms with van der Waals surface area (Å²) in [6.45, 7) is 3.08. The van der Waals surface area contributed by atoms with Gasteiger partial charge in [-0.2, -0.15) is 0 Å². The van der Waals surface area contributed by atoms with E-state index >= 15 is 0 Å². The molecule has 5 nitrogen and oxygen atoms in total. The van der Waals surface area contributed by atoms with E-state index in [1.165, 1.54) is 7.11 Å². The highest BCUT2D eigenvalue weighted by Crippen LogP contribution is 2.25. The van der Waals surface area contributed by atoms with Crippen molar-refractivity contribution in [2.75, 3.05) is 25.1 Å². The summed E-state index contributed by atoms with van der Waals surface area (Å²) < 4.78 is 4.59. The Hall–Kier alpha value is -2.04. The molecule has 1 unspecified atom stereocenters. The summed E-state index contributed by atoms with van der Waals surface area (Å²) in [6, 6.07) is 7.62. The van der Waals surface area contributed by atoms with Gasteiger partial charge in [0.05, 0.1) is 13.2 Å². The molecule has 1 N–H and O–H groups in total. The molecule has 19 heavy (non-hydrogen) atoms. The number of carbonyl (C=O) groups is 2. The second-order valence-corrected chi connectivity index (χ2v) is 4.64. The van der Waals surface area contributed by atoms with Crippen molar-refractivity contribution < 1.29 is 14.3 Å². The smallest absolute Gasteiger partial charge is 0.407 e. The predicted molar refractivity (Wildman–Crippen MR) is 72.6 cm³/mol. The lowest BCUT2D eigenvalue weighted by Crippen LogP contribution is -2.37. The fourth-order valence-corrected chi connectivity index (χ4v) is 2.37. The first-order chi connectivity index (χ1) is 9.11. The summed E-state index contributed by atoms with van der Waals surface area (Å²) in [5, 5.41) is 2.79. The third-order valence-corrected chi connectivity index (χ3v) is 3.32. The van der Waals surface area contributed by atoms with Crippen molar-refractivity contribution in [1.82, 2.24) is 5.32 Å². The quantitative estimate of drug-likeness (QED) is 0.844. The van der Waals surface area contributed by atoms with E-state index in [0.29, 0.717) is 6.54 Å². The second-order valence-electron chi connectivity index (χ2n) is 4.64. The van der Waals surface area contributed by atoms with Gasteiger partial charge in [-0.3, -0.25) is 4.79 Å². The molecule has 1 aliphatic rings. The highest BCUT2D eigenvalue weighted by atomic mass is 16.5. The summed E-state index contributed by atoms with van der Waals surface area (Å²) in [4.78, 5) is 24.9. The Labute approximate surface area is 112 Å². The fourth-order valence-electron chi connectivity index (χ4n) is 2.37. The number of nitrogens with zero attached hydrogens (tertiary/aromatic N) is 1. The summed E-state index contributed by atoms with van der Waals surface area (Å²) in [6.07, 6.45) is 0.438. The molecule has 1 aromatic carbocycles. The van der Waals surface area contributed by atoms with Gasteiger partial charge in [0.1, 0.15) is 0 Å². The van der Waals surface area contributed by atoms with Crippen LogP contribution in [0.15, 0.2) is 24.3 Å². The second kappa shape index (κ2) is 5.73. The molecule has 0 bridgehead atoms. The third kappa shape index (κ3) is 3.05. The van der Waals surface area contributed by atoms with E-state index < -0.39 is 6.09 Å². The number of rotatable bonds is 3. The Kier molecular flexibility index (Phi) is 4.04. The van der Waals surface area contributed by atoms with Gasteiger partial charge in [-0.25, -0.2) is 4.79 Å². The SMILES string of the molecule is COC(=O)NC1CCN(c2ccccc2C(C)=O)C1. The molecular weight excluding hydrogens is 244 g/mol. The van der Waals surface area contributed by atoms with E-state index in [2.05, 4.69) is 15.0 Å². The molecule has 1 fully saturated rings. The van der Waals surface area contributed by atoms with Crippen LogP contribution in [0.25, 0.3) is 0 Å². The molecule has 102 valence electrons. The van der Waals surface area contributed by atoms with E-state index in [1.54, 1.807) is 6.92 Å². The average Bonchev–Trinajstić information content (AvgIpc) is 2.86. The fraction of sp³-hybridized carbons (Fsp3) is 0.429. The van der Waals surface area contributed by atoms with Gasteiger partial charge in [0.15, 0.2) is 5.78 Å². The zero-order valence-electron chi connectivity index (χ0n) is 11.2. The molecule has 5 heteroatoms. The minimum atomic E-state index is -0.410. The van der Waals surface area contributed by atoms with Crippen molar-refractivity contribution in [1.29, 1.82) is 0 Å². The van der Waals surface area contributed by atoms with Crippen molar-refractivity contribution >= 4 is 17.6 Å². The van der Waals surface area contributed by atoms with Gasteiger partial charge in [-0.05, 0) is 25.5 Å². The third-order valence-electron chi connectivity index (χ3n) is 3.32. The van der Waals surface area contributed by atoms with E-state index in [0.717, 1.165) is 24.2 Å². The normalized spacial score (nSPS) is 18.2. The Balaban J connectivity index is 2.09. The maximum atomic E-state index is 11.6. The number of methoxy groups -OCH3 is 1. The maximum Gasteiger partial charge on any atom is 0.407 e. The first-order valence-corrected chi connectivity index (χ1v) is 6.31. The van der Waals surface area contributed by atoms with Crippen LogP contribution in [0, 0.1) is 0 Å². The lowest BCUT2D eigenvalue weighted by molar-refractivity contribution is 0.101. The van der Waals surface area contributed by atoms with Crippen LogP contribution in [0.5, 0.6) is 0 Å². The number of hydrogen-bond acceptors (Lipinski definition) is 4. The van der Waals surface area contributed by atoms with E-state index in [9.17, 15) is 9.59 Å². The molecule has 0 aromatic heterocycles. The number of anilines is 1. The summed E-state index contributed by atoms with van der Waals surface area (Å²) in [5.74, 6) is 0.0555. The van der Waals surface area contributed by atoms with Crippen molar-refractivity contribution in [2.45, 2.75) is 19.4 Å². The monoisotopic (exact) mass is 262 g/mol. The van der Waals surface area contributed by atoms with Crippen LogP contribution in [-0.4, -0.2) is 38.1 Å². The molecule has 2 rings (SSSR count). The number of benzene rings is 1. The topological polar surface area (TPSA) is 58.6 Å². The molecular formula is C14H18N2O3. The number of amides is 1. The van der Waals surface area contributed by atoms with Crippen molar-refractivity contribution in [3.05, 3.63) is 29.8 Å². The summed E-state index contributed by atoms with van der Waals surface area (Å²) in [5.41, 5.74) is 1.66. The molecule has 0 saturated carbocycles. The first-order valence-electron chi connectivity index (χ1n) is 6.31. The van der Waals surface area contributed by atoms with E-state index in [1.807, 2.05) is 24.3 Å². The van der Waals surface area contributed by atoms with Crippen LogP contribution < -0.4 is 10.2 Å². The van der Waals surface area contributed by atoms with Crippen molar-refractivity contribution in [3.63, 3.8) is 0 Å². The zero-order valence-corrected chi connectivity index (χ0v) is 11.2. The molecule has 1 aliphatic heterocycles. The molecule has 0 aliphatic carbocycles. The number of ketones is 1. The Bertz CT molecular complexity index is 487. The minimum Gasteiger partial charge on any atom is -0.453 e. The van der Waals surface area contributed by atoms with Crippen molar-refractivity contribution in [3.8, 4) is 0 Å². The van der Waals surface area contributed by atoms with Crippen LogP contribution in [-0.2, 0) is 4.74 Å². The number of carbonyl (C=O) groups excluding carboxylic acids is 2. The molecule has 1 atom stereocenters. The van der Waals surface area contributed by atoms with Gasteiger partial charge >= 0.3 is 6.09 Å². The lowest BCUT2D eigenvalue weighted by atomic mass is 10.1. The van der Waals surface area contributed by atoms with Crippen LogP contribution in [0.3, 0.4) is 0 Å². The molecule has 1 saturated heterocycles. The average molecular weight is 262 g/mol. The predicted octanol–water partition coefficient (Wildman–Crippen LogP) is 1.82. The standard InChI is InChI=1S/C14H18N2O3/c1-10(17)12-5-3-4-6-13(12)16-8-7-11(9-16)15-14(18)19-2/h3-6,11H,7-9H2,1-2H3,(H,15,18). The van der Waals surface area contributed by atoms with Gasteiger partial charge in [0.2, 0.25) is 0 Å². The van der Waals surface area contributed by atoms with E-state index in [4.69, 9.17) is 0 Å². The number of alkyl carbamates (subject to hydrolysis) is 1. The van der Waals surface area contributed by atoms with Crippen LogP contribution in [0.2, 0.25) is 0 Å². The molecule has 1 aromatic rings. The van der Waals surface area contributed by atoms with Gasteiger partial charge in [-0.1, -0.05) is 12.1 Å². The van der Waals surface area contributed by atoms with Crippen LogP contribution in [0.1, 0.15) is 23.7 Å². The summed E-state index contributed by atoms with van der Waals surface area (Å²) >= 11 is 0. The molecule has 0 radical (unpaired) electrons. The molecule has 1 amide bonds. The maximum absolute atomic E-state index is 11.6. The Morgan fingerprint density at radius 1 is 1.37 bits per heavy atom. The van der Waals surface area contributed by atoms with Gasteiger partial charge in [0, 0.05) is 24.3 Å². The Morgan fingerprint density at radius 3 is 2.79 bits per heavy atom. The van der Waals surface area contributed by atoms with Gasteiger partial charge < -0.3 is 15.0 Å². The zero-order chi connectivity index (χ0) is 13.8. The molecule has 1 heterocycles. The molecule has 0 spiro atoms. The highest BCUT2D eigenvalue weighted by molar-refractivity contribution is 5.99. The minimum absolute atomic E-state index is 0.0555. The number of hydrogen-bond donors (Lipinski definition) is 1. The number of Topliss-reactive ketones (excluding diaryl/α,β-unsaturated/α-hetero) is 1. The first kappa shape index (κ1) is 13.4. The van der Waals surface area contributed by atoms with Crippen LogP contribution >= 0.6 is 0 Å². The van der Waals surface area contributed by atoms with E-state index in [-0.39, 0.29) is 11.8 Å². The van der Waals surface area contributed by atoms with Crippen LogP contribution in [0.4, 0.5) is 10.5 Å². The number of ether oxygens (including phenoxy) is 1. The van der Waals surface area contributed by atoms with Crippen molar-refractivity contribution in [2.24, 2.45) is 0 Å². The largest absolute Gasteiger partial charge is 0.453 e. The van der Waals surface area contributed by atoms with Gasteiger partial charge in [0.25, 0.3) is 0 Å². The Morgan fingerprint density at radius 2 is 2.11 bits per heavy atom. The number of nitrogens with one attached hydrogen (secondary N) is 1. The highest BCUT2D eigenvalue weighted by Gasteiger charge is 2.26.